The van der Waals surface area contributed by atoms with Crippen LogP contribution >= 0.6 is 0 Å². The smallest absolute Gasteiger partial charge is 0.332 e. The van der Waals surface area contributed by atoms with Crippen LogP contribution in [0.5, 0.6) is 0 Å². The molecule has 1 saturated carbocycles. The van der Waals surface area contributed by atoms with E-state index in [1.807, 2.05) is 11.0 Å². The molecule has 7 nitrogen and oxygen atoms in total. The number of hydrogen-bond donors (Lipinski definition) is 1. The molecule has 0 radical (unpaired) electrons. The lowest BCUT2D eigenvalue weighted by atomic mass is 9.89. The van der Waals surface area contributed by atoms with E-state index in [9.17, 15) is 20.0 Å². The molecule has 4 aliphatic rings. The van der Waals surface area contributed by atoms with Gasteiger partial charge in [-0.2, -0.15) is 5.26 Å². The molecule has 1 N–H and O–H groups in total. The highest BCUT2D eigenvalue weighted by Crippen LogP contribution is 2.54. The highest BCUT2D eigenvalue weighted by Gasteiger charge is 2.46. The average molecular weight is 324 g/mol. The Balaban J connectivity index is 1.74. The minimum atomic E-state index is -1.07. The summed E-state index contributed by atoms with van der Waals surface area (Å²) in [4.78, 5) is 33.3. The van der Waals surface area contributed by atoms with E-state index >= 15 is 0 Å². The monoisotopic (exact) mass is 324 g/mol. The van der Waals surface area contributed by atoms with Gasteiger partial charge in [-0.1, -0.05) is 0 Å². The van der Waals surface area contributed by atoms with Gasteiger partial charge in [0.05, 0.1) is 11.4 Å². The van der Waals surface area contributed by atoms with Gasteiger partial charge in [-0.3, -0.25) is 9.79 Å². The van der Waals surface area contributed by atoms with Gasteiger partial charge in [0.1, 0.15) is 11.6 Å². The molecule has 3 heterocycles. The van der Waals surface area contributed by atoms with Gasteiger partial charge >= 0.3 is 5.97 Å². The molecule has 0 bridgehead atoms. The minimum absolute atomic E-state index is 0.00353. The molecule has 0 aromatic heterocycles. The number of nitriles is 1. The van der Waals surface area contributed by atoms with E-state index in [1.165, 1.54) is 25.1 Å². The predicted molar refractivity (Wildman–Crippen MR) is 85.6 cm³/mol. The van der Waals surface area contributed by atoms with Crippen LogP contribution in [0.25, 0.3) is 0 Å². The number of amides is 1. The summed E-state index contributed by atoms with van der Waals surface area (Å²) in [5.41, 5.74) is 1.88. The molecule has 2 fully saturated rings. The highest BCUT2D eigenvalue weighted by molar-refractivity contribution is 6.44. The number of hydrogen-bond acceptors (Lipinski definition) is 5. The number of aliphatic carboxylic acids is 1. The summed E-state index contributed by atoms with van der Waals surface area (Å²) >= 11 is 0. The second-order valence-electron chi connectivity index (χ2n) is 6.77. The quantitative estimate of drug-likeness (QED) is 0.818. The predicted octanol–water partition coefficient (Wildman–Crippen LogP) is 1.09. The van der Waals surface area contributed by atoms with Gasteiger partial charge in [-0.15, -0.1) is 0 Å². The van der Waals surface area contributed by atoms with Crippen molar-refractivity contribution >= 4 is 23.8 Å². The molecule has 1 amide bonds. The maximum atomic E-state index is 12.2. The fourth-order valence-corrected chi connectivity index (χ4v) is 3.64. The van der Waals surface area contributed by atoms with Crippen LogP contribution in [0.1, 0.15) is 25.7 Å². The molecule has 1 spiro atoms. The number of nitrogens with zero attached hydrogens (tertiary/aromatic N) is 4. The van der Waals surface area contributed by atoms with Crippen molar-refractivity contribution in [2.24, 2.45) is 15.4 Å². The van der Waals surface area contributed by atoms with Crippen LogP contribution in [0.15, 0.2) is 32.9 Å². The first kappa shape index (κ1) is 14.8. The number of rotatable bonds is 2. The van der Waals surface area contributed by atoms with Crippen LogP contribution in [0.3, 0.4) is 0 Å². The van der Waals surface area contributed by atoms with Gasteiger partial charge in [0.25, 0.3) is 5.91 Å². The summed E-state index contributed by atoms with van der Waals surface area (Å²) < 4.78 is 0. The molecule has 0 aromatic rings. The Morgan fingerprint density at radius 2 is 2.04 bits per heavy atom. The highest BCUT2D eigenvalue weighted by atomic mass is 16.4. The van der Waals surface area contributed by atoms with Crippen molar-refractivity contribution in [2.75, 3.05) is 13.1 Å². The molecule has 4 rings (SSSR count). The van der Waals surface area contributed by atoms with E-state index in [0.29, 0.717) is 22.4 Å². The Kier molecular flexibility index (Phi) is 3.17. The van der Waals surface area contributed by atoms with Gasteiger partial charge in [-0.25, -0.2) is 9.79 Å². The van der Waals surface area contributed by atoms with Crippen molar-refractivity contribution in [1.29, 1.82) is 5.26 Å². The molecule has 0 aromatic carbocycles. The number of fused-ring (bicyclic) bond motifs is 1. The number of dihydropyridines is 2. The number of aliphatic imine (C=N–C) groups is 2. The maximum Gasteiger partial charge on any atom is 0.332 e. The van der Waals surface area contributed by atoms with E-state index in [1.54, 1.807) is 0 Å². The van der Waals surface area contributed by atoms with Crippen molar-refractivity contribution < 1.29 is 14.7 Å². The summed E-state index contributed by atoms with van der Waals surface area (Å²) in [5.74, 6) is -1.64. The third-order valence-electron chi connectivity index (χ3n) is 5.35. The third kappa shape index (κ3) is 2.26. The third-order valence-corrected chi connectivity index (χ3v) is 5.35. The normalized spacial score (nSPS) is 27.4. The van der Waals surface area contributed by atoms with Gasteiger partial charge in [0.15, 0.2) is 6.04 Å². The molecule has 1 unspecified atom stereocenters. The number of carboxylic acid groups (broad SMARTS) is 1. The largest absolute Gasteiger partial charge is 0.479 e. The van der Waals surface area contributed by atoms with Crippen LogP contribution < -0.4 is 0 Å². The molecule has 1 atom stereocenters. The van der Waals surface area contributed by atoms with Crippen molar-refractivity contribution in [2.45, 2.75) is 31.7 Å². The van der Waals surface area contributed by atoms with Crippen LogP contribution in [0.2, 0.25) is 0 Å². The summed E-state index contributed by atoms with van der Waals surface area (Å²) in [6.45, 7) is 1.54. The number of carboxylic acids is 1. The van der Waals surface area contributed by atoms with E-state index in [2.05, 4.69) is 9.98 Å². The molecule has 1 aliphatic carbocycles. The fraction of sp³-hybridized carbons (Fsp3) is 0.471. The SMILES string of the molecule is N#CC1=C(N2CCC3(CC2)CC3)C2=CC(C(=O)O)N=CC2=NC1=O. The topological polar surface area (TPSA) is 106 Å². The van der Waals surface area contributed by atoms with Crippen LogP contribution in [-0.4, -0.2) is 52.9 Å². The number of likely N-dealkylation sites (tertiary alicyclic amines) is 1. The van der Waals surface area contributed by atoms with Crippen molar-refractivity contribution in [3.63, 3.8) is 0 Å². The first-order chi connectivity index (χ1) is 11.5. The lowest BCUT2D eigenvalue weighted by molar-refractivity contribution is -0.137. The zero-order valence-electron chi connectivity index (χ0n) is 13.0. The Hall–Kier alpha value is -2.75. The van der Waals surface area contributed by atoms with Crippen LogP contribution in [-0.2, 0) is 9.59 Å². The molecule has 1 saturated heterocycles. The minimum Gasteiger partial charge on any atom is -0.479 e. The maximum absolute atomic E-state index is 12.2. The first-order valence-corrected chi connectivity index (χ1v) is 8.04. The van der Waals surface area contributed by atoms with Crippen molar-refractivity contribution in [3.05, 3.63) is 22.9 Å². The van der Waals surface area contributed by atoms with E-state index in [4.69, 9.17) is 0 Å². The Bertz CT molecular complexity index is 798. The second-order valence-corrected chi connectivity index (χ2v) is 6.77. The standard InChI is InChI=1S/C17H16N4O3/c18-8-11-14(21-5-3-17(1-2-17)4-6-21)10-7-12(16(23)24)19-9-13(10)20-15(11)22/h7,9,12H,1-6H2,(H,23,24). The van der Waals surface area contributed by atoms with Gasteiger partial charge in [0.2, 0.25) is 0 Å². The molecular formula is C17H16N4O3. The zero-order chi connectivity index (χ0) is 16.9. The van der Waals surface area contributed by atoms with Gasteiger partial charge in [-0.05, 0) is 37.2 Å². The summed E-state index contributed by atoms with van der Waals surface area (Å²) in [7, 11) is 0. The molecule has 122 valence electrons. The zero-order valence-corrected chi connectivity index (χ0v) is 13.0. The van der Waals surface area contributed by atoms with Crippen LogP contribution in [0.4, 0.5) is 0 Å². The molecular weight excluding hydrogens is 308 g/mol. The number of carbonyl (C=O) groups excluding carboxylic acids is 1. The van der Waals surface area contributed by atoms with Crippen LogP contribution in [0, 0.1) is 16.7 Å². The lowest BCUT2D eigenvalue weighted by Crippen LogP contribution is -2.39. The fourth-order valence-electron chi connectivity index (χ4n) is 3.64. The van der Waals surface area contributed by atoms with E-state index in [0.717, 1.165) is 25.9 Å². The Morgan fingerprint density at radius 1 is 1.33 bits per heavy atom. The van der Waals surface area contributed by atoms with Crippen molar-refractivity contribution in [1.82, 2.24) is 4.90 Å². The molecule has 3 aliphatic heterocycles. The number of allylic oxidation sites excluding steroid dienone is 1. The summed E-state index contributed by atoms with van der Waals surface area (Å²) in [6.07, 6.45) is 7.41. The van der Waals surface area contributed by atoms with E-state index in [-0.39, 0.29) is 5.57 Å². The Morgan fingerprint density at radius 3 is 2.62 bits per heavy atom. The summed E-state index contributed by atoms with van der Waals surface area (Å²) in [6, 6.07) is 0.951. The average Bonchev–Trinajstić information content (AvgIpc) is 3.33. The molecule has 7 heteroatoms. The van der Waals surface area contributed by atoms with Crippen molar-refractivity contribution in [3.8, 4) is 6.07 Å². The number of carbonyl (C=O) groups is 2. The molecule has 24 heavy (non-hydrogen) atoms. The lowest BCUT2D eigenvalue weighted by Gasteiger charge is -2.37. The van der Waals surface area contributed by atoms with Gasteiger partial charge < -0.3 is 10.0 Å². The van der Waals surface area contributed by atoms with Gasteiger partial charge in [0, 0.05) is 24.9 Å². The summed E-state index contributed by atoms with van der Waals surface area (Å²) in [5, 5.41) is 18.7. The van der Waals surface area contributed by atoms with E-state index < -0.39 is 17.9 Å². The Labute approximate surface area is 138 Å². The number of piperidine rings is 1. The second kappa shape index (κ2) is 5.13. The first-order valence-electron chi connectivity index (χ1n) is 8.04.